The first-order valence-corrected chi connectivity index (χ1v) is 8.91. The third kappa shape index (κ3) is 2.80. The van der Waals surface area contributed by atoms with Gasteiger partial charge in [-0.15, -0.1) is 0 Å². The van der Waals surface area contributed by atoms with Gasteiger partial charge in [0.2, 0.25) is 0 Å². The number of aryl methyl sites for hydroxylation is 2. The molecule has 6 nitrogen and oxygen atoms in total. The van der Waals surface area contributed by atoms with Crippen LogP contribution in [-0.2, 0) is 17.9 Å². The van der Waals surface area contributed by atoms with Crippen LogP contribution in [0.5, 0.6) is 5.75 Å². The number of fused-ring (bicyclic) bond motifs is 3. The molecule has 0 radical (unpaired) electrons. The average molecular weight is 352 g/mol. The number of ether oxygens (including phenoxy) is 2. The number of nitrogens with zero attached hydrogens (tertiary/aromatic N) is 3. The Hall–Kier alpha value is -2.60. The lowest BCUT2D eigenvalue weighted by Gasteiger charge is -2.23. The Morgan fingerprint density at radius 2 is 2.00 bits per heavy atom. The fourth-order valence-corrected chi connectivity index (χ4v) is 3.50. The zero-order valence-electron chi connectivity index (χ0n) is 15.7. The van der Waals surface area contributed by atoms with E-state index in [0.29, 0.717) is 19.8 Å². The minimum absolute atomic E-state index is 0.277. The summed E-state index contributed by atoms with van der Waals surface area (Å²) in [6, 6.07) is 8.32. The van der Waals surface area contributed by atoms with Crippen LogP contribution >= 0.6 is 0 Å². The lowest BCUT2D eigenvalue weighted by Crippen LogP contribution is -2.21. The lowest BCUT2D eigenvalue weighted by atomic mass is 10.1. The molecule has 1 aliphatic rings. The van der Waals surface area contributed by atoms with Crippen LogP contribution in [0.3, 0.4) is 0 Å². The van der Waals surface area contributed by atoms with Crippen molar-refractivity contribution in [3.05, 3.63) is 46.9 Å². The molecule has 0 aliphatic carbocycles. The zero-order valence-corrected chi connectivity index (χ0v) is 15.7. The summed E-state index contributed by atoms with van der Waals surface area (Å²) in [7, 11) is 1.67. The average Bonchev–Trinajstić information content (AvgIpc) is 3.05. The fourth-order valence-electron chi connectivity index (χ4n) is 3.50. The van der Waals surface area contributed by atoms with Gasteiger partial charge in [-0.1, -0.05) is 12.1 Å². The second kappa shape index (κ2) is 6.61. The maximum Gasteiger partial charge on any atom is 0.154 e. The Labute approximate surface area is 153 Å². The molecule has 3 heterocycles. The van der Waals surface area contributed by atoms with Crippen molar-refractivity contribution in [3.8, 4) is 5.75 Å². The van der Waals surface area contributed by atoms with E-state index in [1.807, 2.05) is 12.1 Å². The predicted molar refractivity (Wildman–Crippen MR) is 102 cm³/mol. The molecule has 0 fully saturated rings. The first-order chi connectivity index (χ1) is 12.6. The van der Waals surface area contributed by atoms with Crippen LogP contribution in [0.15, 0.2) is 24.3 Å². The summed E-state index contributed by atoms with van der Waals surface area (Å²) in [5.41, 5.74) is 5.47. The van der Waals surface area contributed by atoms with Gasteiger partial charge in [0.25, 0.3) is 0 Å². The van der Waals surface area contributed by atoms with Crippen molar-refractivity contribution in [1.82, 2.24) is 14.5 Å². The number of pyridine rings is 1. The molecular weight excluding hydrogens is 328 g/mol. The van der Waals surface area contributed by atoms with Gasteiger partial charge in [-0.2, -0.15) is 0 Å². The second-order valence-electron chi connectivity index (χ2n) is 6.83. The molecule has 6 heteroatoms. The van der Waals surface area contributed by atoms with Crippen molar-refractivity contribution in [1.29, 1.82) is 0 Å². The third-order valence-electron chi connectivity index (χ3n) is 5.04. The Balaban J connectivity index is 1.71. The summed E-state index contributed by atoms with van der Waals surface area (Å²) in [6.45, 7) is 8.29. The summed E-state index contributed by atoms with van der Waals surface area (Å²) in [4.78, 5) is 9.60. The van der Waals surface area contributed by atoms with E-state index in [2.05, 4.69) is 42.8 Å². The van der Waals surface area contributed by atoms with E-state index in [9.17, 15) is 0 Å². The highest BCUT2D eigenvalue weighted by atomic mass is 16.5. The quantitative estimate of drug-likeness (QED) is 0.775. The van der Waals surface area contributed by atoms with Gasteiger partial charge in [0.1, 0.15) is 23.7 Å². The molecule has 26 heavy (non-hydrogen) atoms. The van der Waals surface area contributed by atoms with E-state index < -0.39 is 0 Å². The smallest absolute Gasteiger partial charge is 0.154 e. The molecule has 0 amide bonds. The molecule has 3 aromatic rings. The van der Waals surface area contributed by atoms with E-state index in [1.165, 1.54) is 16.6 Å². The molecule has 0 saturated carbocycles. The molecule has 0 bridgehead atoms. The van der Waals surface area contributed by atoms with Gasteiger partial charge >= 0.3 is 0 Å². The van der Waals surface area contributed by atoms with Crippen LogP contribution in [-0.4, -0.2) is 28.3 Å². The van der Waals surface area contributed by atoms with Crippen LogP contribution in [0.25, 0.3) is 11.0 Å². The van der Waals surface area contributed by atoms with Gasteiger partial charge in [-0.25, -0.2) is 9.97 Å². The maximum absolute atomic E-state index is 5.66. The number of hydrogen-bond donors (Lipinski definition) is 1. The number of imidazole rings is 1. The second-order valence-corrected chi connectivity index (χ2v) is 6.83. The zero-order chi connectivity index (χ0) is 18.3. The molecule has 1 aromatic carbocycles. The first kappa shape index (κ1) is 16.8. The number of hydrogen-bond acceptors (Lipinski definition) is 5. The van der Waals surface area contributed by atoms with Gasteiger partial charge < -0.3 is 19.4 Å². The Morgan fingerprint density at radius 1 is 1.23 bits per heavy atom. The Kier molecular flexibility index (Phi) is 4.28. The predicted octanol–water partition coefficient (Wildman–Crippen LogP) is 3.76. The summed E-state index contributed by atoms with van der Waals surface area (Å²) in [5.74, 6) is 2.66. The molecule has 136 valence electrons. The Bertz CT molecular complexity index is 947. The number of aromatic nitrogens is 3. The SMILES string of the molecule is COc1ccc(CNc2nc(C)c(C)c3c2nc2n3C(C)COC2)cc1. The van der Waals surface area contributed by atoms with Gasteiger partial charge in [0.15, 0.2) is 5.82 Å². The van der Waals surface area contributed by atoms with Crippen molar-refractivity contribution in [3.63, 3.8) is 0 Å². The highest BCUT2D eigenvalue weighted by Gasteiger charge is 2.24. The first-order valence-electron chi connectivity index (χ1n) is 8.91. The van der Waals surface area contributed by atoms with E-state index in [-0.39, 0.29) is 6.04 Å². The highest BCUT2D eigenvalue weighted by molar-refractivity contribution is 5.89. The fraction of sp³-hybridized carbons (Fsp3) is 0.400. The molecule has 0 saturated heterocycles. The summed E-state index contributed by atoms with van der Waals surface area (Å²) in [6.07, 6.45) is 0. The monoisotopic (exact) mass is 352 g/mol. The van der Waals surface area contributed by atoms with Gasteiger partial charge in [-0.3, -0.25) is 0 Å². The van der Waals surface area contributed by atoms with Gasteiger partial charge in [-0.05, 0) is 44.0 Å². The third-order valence-corrected chi connectivity index (χ3v) is 5.04. The summed E-state index contributed by atoms with van der Waals surface area (Å²) >= 11 is 0. The molecule has 1 aliphatic heterocycles. The molecule has 1 N–H and O–H groups in total. The van der Waals surface area contributed by atoms with E-state index in [4.69, 9.17) is 19.4 Å². The van der Waals surface area contributed by atoms with Crippen molar-refractivity contribution in [2.45, 2.75) is 40.0 Å². The number of anilines is 1. The number of nitrogens with one attached hydrogen (secondary N) is 1. The minimum atomic E-state index is 0.277. The van der Waals surface area contributed by atoms with Crippen LogP contribution in [0.1, 0.15) is 35.6 Å². The standard InChI is InChI=1S/C20H24N4O2/c1-12-10-26-11-17-23-18-19(24(12)17)13(2)14(3)22-20(18)21-9-15-5-7-16(25-4)8-6-15/h5-8,12H,9-11H2,1-4H3,(H,21,22). The number of methoxy groups -OCH3 is 1. The molecular formula is C20H24N4O2. The van der Waals surface area contributed by atoms with Gasteiger partial charge in [0, 0.05) is 12.2 Å². The van der Waals surface area contributed by atoms with Crippen molar-refractivity contribution < 1.29 is 9.47 Å². The maximum atomic E-state index is 5.66. The van der Waals surface area contributed by atoms with E-state index in [0.717, 1.165) is 28.6 Å². The molecule has 2 aromatic heterocycles. The van der Waals surface area contributed by atoms with Crippen molar-refractivity contribution >= 4 is 16.9 Å². The molecule has 1 atom stereocenters. The number of benzene rings is 1. The summed E-state index contributed by atoms with van der Waals surface area (Å²) < 4.78 is 13.2. The normalized spacial score (nSPS) is 16.5. The van der Waals surface area contributed by atoms with Crippen LogP contribution in [0, 0.1) is 13.8 Å². The van der Waals surface area contributed by atoms with E-state index in [1.54, 1.807) is 7.11 Å². The van der Waals surface area contributed by atoms with Crippen molar-refractivity contribution in [2.75, 3.05) is 19.0 Å². The topological polar surface area (TPSA) is 61.2 Å². The van der Waals surface area contributed by atoms with Crippen LogP contribution in [0.2, 0.25) is 0 Å². The van der Waals surface area contributed by atoms with E-state index >= 15 is 0 Å². The molecule has 0 spiro atoms. The largest absolute Gasteiger partial charge is 0.497 e. The minimum Gasteiger partial charge on any atom is -0.497 e. The molecule has 1 unspecified atom stereocenters. The Morgan fingerprint density at radius 3 is 2.73 bits per heavy atom. The van der Waals surface area contributed by atoms with Gasteiger partial charge in [0.05, 0.1) is 25.3 Å². The summed E-state index contributed by atoms with van der Waals surface area (Å²) in [5, 5.41) is 3.46. The van der Waals surface area contributed by atoms with Crippen LogP contribution in [0.4, 0.5) is 5.82 Å². The van der Waals surface area contributed by atoms with Crippen LogP contribution < -0.4 is 10.1 Å². The highest BCUT2D eigenvalue weighted by Crippen LogP contribution is 2.32. The van der Waals surface area contributed by atoms with Crippen molar-refractivity contribution in [2.24, 2.45) is 0 Å². The molecule has 4 rings (SSSR count). The lowest BCUT2D eigenvalue weighted by molar-refractivity contribution is 0.0621. The number of rotatable bonds is 4.